The van der Waals surface area contributed by atoms with Gasteiger partial charge in [-0.25, -0.2) is 4.68 Å². The Balaban J connectivity index is 1.35. The van der Waals surface area contributed by atoms with Gasteiger partial charge in [0.2, 0.25) is 5.91 Å². The number of hydrogen-bond donors (Lipinski definition) is 1. The first-order valence-electron chi connectivity index (χ1n) is 10.6. The summed E-state index contributed by atoms with van der Waals surface area (Å²) < 4.78 is 1.77. The Hall–Kier alpha value is -4.58. The molecule has 6 heteroatoms. The Bertz CT molecular complexity index is 1290. The largest absolute Gasteiger partial charge is 0.325 e. The molecule has 0 aliphatic carbocycles. The summed E-state index contributed by atoms with van der Waals surface area (Å²) in [7, 11) is 0. The third kappa shape index (κ3) is 4.55. The zero-order valence-electron chi connectivity index (χ0n) is 17.7. The summed E-state index contributed by atoms with van der Waals surface area (Å²) in [6, 6.07) is 27.2. The number of carbonyl (C=O) groups is 1. The smallest absolute Gasteiger partial charge is 0.236 e. The maximum Gasteiger partial charge on any atom is 0.236 e. The molecule has 0 aliphatic heterocycles. The number of carbonyl (C=O) groups excluding carboxylic acids is 1. The number of nitrogens with zero attached hydrogens (tertiary/aromatic N) is 4. The van der Waals surface area contributed by atoms with Crippen LogP contribution in [0.1, 0.15) is 17.0 Å². The highest BCUT2D eigenvalue weighted by atomic mass is 16.1. The van der Waals surface area contributed by atoms with Gasteiger partial charge < -0.3 is 5.32 Å². The minimum atomic E-state index is -0.396. The van der Waals surface area contributed by atoms with Gasteiger partial charge in [-0.1, -0.05) is 60.7 Å². The normalized spacial score (nSPS) is 10.8. The van der Waals surface area contributed by atoms with Crippen molar-refractivity contribution in [1.29, 1.82) is 0 Å². The van der Waals surface area contributed by atoms with Crippen LogP contribution in [0.25, 0.3) is 16.9 Å². The van der Waals surface area contributed by atoms with E-state index >= 15 is 0 Å². The molecule has 0 fully saturated rings. The fourth-order valence-corrected chi connectivity index (χ4v) is 3.74. The molecule has 0 bridgehead atoms. The molecule has 0 atom stereocenters. The van der Waals surface area contributed by atoms with Crippen molar-refractivity contribution in [3.8, 4) is 16.9 Å². The molecule has 0 saturated heterocycles. The van der Waals surface area contributed by atoms with Crippen molar-refractivity contribution in [2.24, 2.45) is 0 Å². The highest BCUT2D eigenvalue weighted by Crippen LogP contribution is 2.26. The van der Waals surface area contributed by atoms with Gasteiger partial charge in [-0.3, -0.25) is 14.8 Å². The van der Waals surface area contributed by atoms with Gasteiger partial charge in [-0.2, -0.15) is 5.10 Å². The molecule has 0 aliphatic rings. The molecule has 1 amide bonds. The summed E-state index contributed by atoms with van der Waals surface area (Å²) in [6.45, 7) is 0. The number of rotatable bonds is 6. The van der Waals surface area contributed by atoms with Crippen LogP contribution in [-0.2, 0) is 4.79 Å². The van der Waals surface area contributed by atoms with Crippen LogP contribution in [0, 0.1) is 0 Å². The van der Waals surface area contributed by atoms with E-state index in [-0.39, 0.29) is 5.91 Å². The van der Waals surface area contributed by atoms with E-state index in [1.54, 1.807) is 29.5 Å². The number of hydrogen-bond acceptors (Lipinski definition) is 4. The van der Waals surface area contributed by atoms with Crippen LogP contribution < -0.4 is 5.32 Å². The van der Waals surface area contributed by atoms with Gasteiger partial charge in [0.25, 0.3) is 0 Å². The van der Waals surface area contributed by atoms with E-state index in [0.717, 1.165) is 33.8 Å². The molecule has 6 nitrogen and oxygen atoms in total. The van der Waals surface area contributed by atoms with Crippen LogP contribution in [0.2, 0.25) is 0 Å². The summed E-state index contributed by atoms with van der Waals surface area (Å²) in [5.74, 6) is -0.475. The Labute approximate surface area is 191 Å². The number of amides is 1. The van der Waals surface area contributed by atoms with Crippen molar-refractivity contribution < 1.29 is 4.79 Å². The van der Waals surface area contributed by atoms with Crippen LogP contribution in [0.5, 0.6) is 0 Å². The lowest BCUT2D eigenvalue weighted by Crippen LogP contribution is -2.22. The molecular weight excluding hydrogens is 410 g/mol. The first-order valence-corrected chi connectivity index (χ1v) is 10.6. The fourth-order valence-electron chi connectivity index (χ4n) is 3.74. The van der Waals surface area contributed by atoms with Gasteiger partial charge in [0.1, 0.15) is 0 Å². The summed E-state index contributed by atoms with van der Waals surface area (Å²) >= 11 is 0. The Morgan fingerprint density at radius 1 is 0.788 bits per heavy atom. The average Bonchev–Trinajstić information content (AvgIpc) is 3.37. The lowest BCUT2D eigenvalue weighted by Gasteiger charge is -2.18. The number of nitrogens with one attached hydrogen (secondary N) is 1. The second kappa shape index (κ2) is 9.28. The molecule has 2 aromatic heterocycles. The average molecular weight is 431 g/mol. The SMILES string of the molecule is O=C(Nc1ccc(-n2cc(-c3cnccn3)cn2)cc1)C(c1ccccc1)c1ccccc1. The summed E-state index contributed by atoms with van der Waals surface area (Å²) in [5.41, 5.74) is 5.15. The van der Waals surface area contributed by atoms with Gasteiger partial charge in [0.05, 0.1) is 29.7 Å². The maximum absolute atomic E-state index is 13.3. The Kier molecular flexibility index (Phi) is 5.72. The number of aromatic nitrogens is 4. The number of benzene rings is 3. The minimum Gasteiger partial charge on any atom is -0.325 e. The first-order chi connectivity index (χ1) is 16.3. The standard InChI is InChI=1S/C27H21N5O/c33-27(26(20-7-3-1-4-8-20)21-9-5-2-6-10-21)31-23-11-13-24(14-12-23)32-19-22(17-30-32)25-18-28-15-16-29-25/h1-19,26H,(H,31,33). The quantitative estimate of drug-likeness (QED) is 0.406. The van der Waals surface area contributed by atoms with Crippen molar-refractivity contribution in [2.45, 2.75) is 5.92 Å². The van der Waals surface area contributed by atoms with Crippen molar-refractivity contribution >= 4 is 11.6 Å². The molecule has 0 saturated carbocycles. The summed E-state index contributed by atoms with van der Waals surface area (Å²) in [4.78, 5) is 21.7. The molecule has 0 spiro atoms. The number of anilines is 1. The van der Waals surface area contributed by atoms with Crippen LogP contribution in [0.3, 0.4) is 0 Å². The molecule has 33 heavy (non-hydrogen) atoms. The molecule has 0 unspecified atom stereocenters. The molecule has 160 valence electrons. The topological polar surface area (TPSA) is 72.7 Å². The molecule has 2 heterocycles. The highest BCUT2D eigenvalue weighted by Gasteiger charge is 2.22. The second-order valence-corrected chi connectivity index (χ2v) is 7.55. The molecule has 5 aromatic rings. The highest BCUT2D eigenvalue weighted by molar-refractivity contribution is 5.98. The summed E-state index contributed by atoms with van der Waals surface area (Å²) in [6.07, 6.45) is 8.65. The maximum atomic E-state index is 13.3. The third-order valence-electron chi connectivity index (χ3n) is 5.37. The minimum absolute atomic E-state index is 0.0795. The van der Waals surface area contributed by atoms with E-state index in [1.807, 2.05) is 91.1 Å². The fraction of sp³-hybridized carbons (Fsp3) is 0.0370. The zero-order chi connectivity index (χ0) is 22.5. The van der Waals surface area contributed by atoms with Gasteiger partial charge >= 0.3 is 0 Å². The predicted octanol–water partition coefficient (Wildman–Crippen LogP) is 5.10. The lowest BCUT2D eigenvalue weighted by molar-refractivity contribution is -0.116. The van der Waals surface area contributed by atoms with E-state index in [4.69, 9.17) is 0 Å². The Morgan fingerprint density at radius 3 is 2.06 bits per heavy atom. The van der Waals surface area contributed by atoms with E-state index in [0.29, 0.717) is 0 Å². The van der Waals surface area contributed by atoms with E-state index < -0.39 is 5.92 Å². The van der Waals surface area contributed by atoms with Crippen LogP contribution >= 0.6 is 0 Å². The van der Waals surface area contributed by atoms with Crippen molar-refractivity contribution in [1.82, 2.24) is 19.7 Å². The second-order valence-electron chi connectivity index (χ2n) is 7.55. The zero-order valence-corrected chi connectivity index (χ0v) is 17.7. The molecule has 1 N–H and O–H groups in total. The van der Waals surface area contributed by atoms with Crippen molar-refractivity contribution in [3.63, 3.8) is 0 Å². The van der Waals surface area contributed by atoms with E-state index in [2.05, 4.69) is 20.4 Å². The molecular formula is C27H21N5O. The van der Waals surface area contributed by atoms with Gasteiger partial charge in [0.15, 0.2) is 0 Å². The van der Waals surface area contributed by atoms with Gasteiger partial charge in [0, 0.05) is 29.8 Å². The third-order valence-corrected chi connectivity index (χ3v) is 5.37. The van der Waals surface area contributed by atoms with Crippen LogP contribution in [0.15, 0.2) is 116 Å². The van der Waals surface area contributed by atoms with E-state index in [1.165, 1.54) is 0 Å². The Morgan fingerprint density at radius 2 is 1.45 bits per heavy atom. The molecule has 5 rings (SSSR count). The monoisotopic (exact) mass is 431 g/mol. The molecule has 0 radical (unpaired) electrons. The van der Waals surface area contributed by atoms with E-state index in [9.17, 15) is 4.79 Å². The first kappa shape index (κ1) is 20.3. The van der Waals surface area contributed by atoms with Crippen LogP contribution in [-0.4, -0.2) is 25.7 Å². The summed E-state index contributed by atoms with van der Waals surface area (Å²) in [5, 5.41) is 7.48. The van der Waals surface area contributed by atoms with Gasteiger partial charge in [-0.05, 0) is 35.4 Å². The van der Waals surface area contributed by atoms with Crippen LogP contribution in [0.4, 0.5) is 5.69 Å². The van der Waals surface area contributed by atoms with Gasteiger partial charge in [-0.15, -0.1) is 0 Å². The molecule has 3 aromatic carbocycles. The lowest BCUT2D eigenvalue weighted by atomic mass is 9.90. The predicted molar refractivity (Wildman–Crippen MR) is 128 cm³/mol. The van der Waals surface area contributed by atoms with Crippen molar-refractivity contribution in [2.75, 3.05) is 5.32 Å². The van der Waals surface area contributed by atoms with Crippen molar-refractivity contribution in [3.05, 3.63) is 127 Å².